The summed E-state index contributed by atoms with van der Waals surface area (Å²) in [6.45, 7) is 5.93. The van der Waals surface area contributed by atoms with Gasteiger partial charge in [0.05, 0.1) is 6.61 Å². The van der Waals surface area contributed by atoms with E-state index in [1.54, 1.807) is 13.0 Å². The minimum absolute atomic E-state index is 0.00921. The Hall–Kier alpha value is -1.90. The highest BCUT2D eigenvalue weighted by atomic mass is 19.2. The molecule has 2 aliphatic carbocycles. The summed E-state index contributed by atoms with van der Waals surface area (Å²) in [5, 5.41) is 0. The van der Waals surface area contributed by atoms with Crippen LogP contribution in [0.5, 0.6) is 5.75 Å². The van der Waals surface area contributed by atoms with Gasteiger partial charge in [0.25, 0.3) is 0 Å². The molecule has 0 spiro atoms. The van der Waals surface area contributed by atoms with Crippen LogP contribution in [0.25, 0.3) is 5.57 Å². The van der Waals surface area contributed by atoms with Crippen LogP contribution in [-0.4, -0.2) is 6.61 Å². The molecule has 0 saturated heterocycles. The predicted octanol–water partition coefficient (Wildman–Crippen LogP) is 6.46. The second-order valence-electron chi connectivity index (χ2n) is 6.95. The van der Waals surface area contributed by atoms with E-state index < -0.39 is 11.6 Å². The highest BCUT2D eigenvalue weighted by Crippen LogP contribution is 2.40. The summed E-state index contributed by atoms with van der Waals surface area (Å²) in [7, 11) is 0. The Morgan fingerprint density at radius 3 is 2.36 bits per heavy atom. The zero-order chi connectivity index (χ0) is 17.8. The molecule has 2 atom stereocenters. The van der Waals surface area contributed by atoms with Gasteiger partial charge in [-0.25, -0.2) is 4.39 Å². The van der Waals surface area contributed by atoms with Crippen LogP contribution < -0.4 is 4.74 Å². The van der Waals surface area contributed by atoms with E-state index in [9.17, 15) is 8.78 Å². The Balaban J connectivity index is 1.70. The zero-order valence-electron chi connectivity index (χ0n) is 14.9. The molecule has 134 valence electrons. The minimum atomic E-state index is -0.878. The van der Waals surface area contributed by atoms with E-state index in [0.717, 1.165) is 37.7 Å². The summed E-state index contributed by atoms with van der Waals surface area (Å²) in [6.07, 6.45) is 12.6. The summed E-state index contributed by atoms with van der Waals surface area (Å²) in [5.41, 5.74) is 2.67. The summed E-state index contributed by atoms with van der Waals surface area (Å²) in [5.74, 6) is -0.334. The van der Waals surface area contributed by atoms with Gasteiger partial charge < -0.3 is 4.74 Å². The van der Waals surface area contributed by atoms with Crippen molar-refractivity contribution < 1.29 is 13.5 Å². The average molecular weight is 344 g/mol. The van der Waals surface area contributed by atoms with Crippen LogP contribution in [0.15, 0.2) is 42.5 Å². The second kappa shape index (κ2) is 7.99. The molecule has 25 heavy (non-hydrogen) atoms. The van der Waals surface area contributed by atoms with Crippen molar-refractivity contribution in [3.05, 3.63) is 59.7 Å². The molecule has 1 aromatic carbocycles. The van der Waals surface area contributed by atoms with Crippen LogP contribution in [0.4, 0.5) is 8.78 Å². The van der Waals surface area contributed by atoms with Gasteiger partial charge >= 0.3 is 0 Å². The van der Waals surface area contributed by atoms with E-state index in [2.05, 4.69) is 18.7 Å². The van der Waals surface area contributed by atoms with E-state index in [0.29, 0.717) is 24.0 Å². The number of benzene rings is 1. The van der Waals surface area contributed by atoms with E-state index in [-0.39, 0.29) is 5.75 Å². The molecule has 0 N–H and O–H groups in total. The molecular weight excluding hydrogens is 318 g/mol. The second-order valence-corrected chi connectivity index (χ2v) is 6.95. The van der Waals surface area contributed by atoms with Crippen LogP contribution in [0.2, 0.25) is 0 Å². The lowest BCUT2D eigenvalue weighted by molar-refractivity contribution is 0.287. The smallest absolute Gasteiger partial charge is 0.201 e. The number of hydrogen-bond acceptors (Lipinski definition) is 1. The third-order valence-corrected chi connectivity index (χ3v) is 5.56. The third-order valence-electron chi connectivity index (χ3n) is 5.56. The van der Waals surface area contributed by atoms with Crippen molar-refractivity contribution in [1.29, 1.82) is 0 Å². The van der Waals surface area contributed by atoms with Gasteiger partial charge in [0, 0.05) is 5.56 Å². The van der Waals surface area contributed by atoms with Crippen molar-refractivity contribution >= 4 is 5.57 Å². The molecule has 0 aromatic heterocycles. The van der Waals surface area contributed by atoms with Gasteiger partial charge in [-0.1, -0.05) is 30.4 Å². The number of rotatable bonds is 5. The SMILES string of the molecule is C=CC1=CCC(C2CC=C(c3ccc(OCC)c(F)c3F)CC2)CC1. The largest absolute Gasteiger partial charge is 0.491 e. The normalized spacial score (nSPS) is 23.6. The maximum absolute atomic E-state index is 14.4. The fraction of sp³-hybridized carbons (Fsp3) is 0.455. The summed E-state index contributed by atoms with van der Waals surface area (Å²) in [6, 6.07) is 3.18. The molecular formula is C22H26F2O. The van der Waals surface area contributed by atoms with Gasteiger partial charge in [0.1, 0.15) is 0 Å². The van der Waals surface area contributed by atoms with E-state index in [1.807, 2.05) is 6.08 Å². The Bertz CT molecular complexity index is 702. The number of ether oxygens (including phenoxy) is 1. The van der Waals surface area contributed by atoms with Gasteiger partial charge in [-0.15, -0.1) is 0 Å². The predicted molar refractivity (Wildman–Crippen MR) is 98.5 cm³/mol. The van der Waals surface area contributed by atoms with Gasteiger partial charge in [0.15, 0.2) is 11.6 Å². The zero-order valence-corrected chi connectivity index (χ0v) is 14.9. The van der Waals surface area contributed by atoms with Gasteiger partial charge in [0.2, 0.25) is 5.82 Å². The topological polar surface area (TPSA) is 9.23 Å². The molecule has 0 fully saturated rings. The first-order valence-electron chi connectivity index (χ1n) is 9.25. The van der Waals surface area contributed by atoms with Crippen molar-refractivity contribution in [2.24, 2.45) is 11.8 Å². The van der Waals surface area contributed by atoms with Gasteiger partial charge in [-0.2, -0.15) is 4.39 Å². The Morgan fingerprint density at radius 1 is 1.08 bits per heavy atom. The molecule has 0 radical (unpaired) electrons. The first-order chi connectivity index (χ1) is 12.1. The molecule has 0 saturated carbocycles. The van der Waals surface area contributed by atoms with Crippen LogP contribution in [0.1, 0.15) is 51.0 Å². The van der Waals surface area contributed by atoms with Crippen molar-refractivity contribution in [3.63, 3.8) is 0 Å². The monoisotopic (exact) mass is 344 g/mol. The molecule has 1 nitrogen and oxygen atoms in total. The fourth-order valence-electron chi connectivity index (χ4n) is 4.06. The van der Waals surface area contributed by atoms with Crippen molar-refractivity contribution in [2.75, 3.05) is 6.61 Å². The lowest BCUT2D eigenvalue weighted by atomic mass is 9.74. The van der Waals surface area contributed by atoms with E-state index >= 15 is 0 Å². The van der Waals surface area contributed by atoms with E-state index in [1.165, 1.54) is 18.1 Å². The molecule has 0 amide bonds. The Labute approximate surface area is 149 Å². The molecule has 2 aliphatic rings. The molecule has 0 heterocycles. The molecule has 3 rings (SSSR count). The Kier molecular flexibility index (Phi) is 5.72. The third kappa shape index (κ3) is 3.86. The van der Waals surface area contributed by atoms with Crippen molar-refractivity contribution in [3.8, 4) is 5.75 Å². The van der Waals surface area contributed by atoms with Crippen molar-refractivity contribution in [1.82, 2.24) is 0 Å². The molecule has 1 aromatic rings. The maximum Gasteiger partial charge on any atom is 0.201 e. The quantitative estimate of drug-likeness (QED) is 0.595. The average Bonchev–Trinajstić information content (AvgIpc) is 2.66. The summed E-state index contributed by atoms with van der Waals surface area (Å²) >= 11 is 0. The maximum atomic E-state index is 14.4. The summed E-state index contributed by atoms with van der Waals surface area (Å²) < 4.78 is 33.6. The number of halogens is 2. The van der Waals surface area contributed by atoms with Crippen LogP contribution in [-0.2, 0) is 0 Å². The van der Waals surface area contributed by atoms with E-state index in [4.69, 9.17) is 4.74 Å². The lowest BCUT2D eigenvalue weighted by Crippen LogP contribution is -2.19. The highest BCUT2D eigenvalue weighted by Gasteiger charge is 2.26. The molecule has 3 heteroatoms. The van der Waals surface area contributed by atoms with Crippen LogP contribution in [0, 0.1) is 23.5 Å². The minimum Gasteiger partial charge on any atom is -0.491 e. The number of hydrogen-bond donors (Lipinski definition) is 0. The fourth-order valence-corrected chi connectivity index (χ4v) is 4.06. The standard InChI is InChI=1S/C22H26F2O/c1-3-15-5-7-16(8-6-15)17-9-11-18(12-10-17)19-13-14-20(25-4-2)22(24)21(19)23/h3,5,11,13-14,16-17H,1,4,6-10,12H2,2H3. The highest BCUT2D eigenvalue weighted by molar-refractivity contribution is 5.67. The molecule has 0 bridgehead atoms. The van der Waals surface area contributed by atoms with Crippen LogP contribution in [0.3, 0.4) is 0 Å². The molecule has 0 aliphatic heterocycles. The van der Waals surface area contributed by atoms with Crippen LogP contribution >= 0.6 is 0 Å². The number of allylic oxidation sites excluding steroid dienone is 5. The van der Waals surface area contributed by atoms with Crippen molar-refractivity contribution in [2.45, 2.75) is 45.4 Å². The van der Waals surface area contributed by atoms with Gasteiger partial charge in [-0.3, -0.25) is 0 Å². The van der Waals surface area contributed by atoms with Gasteiger partial charge in [-0.05, 0) is 75.0 Å². The summed E-state index contributed by atoms with van der Waals surface area (Å²) in [4.78, 5) is 0. The first kappa shape index (κ1) is 17.9. The lowest BCUT2D eigenvalue weighted by Gasteiger charge is -2.32. The first-order valence-corrected chi connectivity index (χ1v) is 9.25. The molecule has 2 unspecified atom stereocenters. The Morgan fingerprint density at radius 2 is 1.80 bits per heavy atom.